The van der Waals surface area contributed by atoms with E-state index >= 15 is 0 Å². The topological polar surface area (TPSA) is 39.1 Å². The van der Waals surface area contributed by atoms with Crippen LogP contribution in [-0.2, 0) is 7.05 Å². The van der Waals surface area contributed by atoms with E-state index in [0.29, 0.717) is 0 Å². The summed E-state index contributed by atoms with van der Waals surface area (Å²) < 4.78 is 7.60. The SMILES string of the molecule is CCCNC(c1ccc(C)cc1OC)c1nccn1C. The molecule has 4 nitrogen and oxygen atoms in total. The smallest absolute Gasteiger partial charge is 0.130 e. The molecule has 0 saturated carbocycles. The van der Waals surface area contributed by atoms with Crippen molar-refractivity contribution in [1.82, 2.24) is 14.9 Å². The molecule has 0 aliphatic rings. The van der Waals surface area contributed by atoms with Gasteiger partial charge in [-0.2, -0.15) is 0 Å². The first-order valence-electron chi connectivity index (χ1n) is 7.02. The highest BCUT2D eigenvalue weighted by Gasteiger charge is 2.21. The molecule has 1 N–H and O–H groups in total. The molecular formula is C16H23N3O. The van der Waals surface area contributed by atoms with Gasteiger partial charge in [-0.25, -0.2) is 4.98 Å². The van der Waals surface area contributed by atoms with Crippen LogP contribution >= 0.6 is 0 Å². The molecule has 108 valence electrons. The Hall–Kier alpha value is -1.81. The van der Waals surface area contributed by atoms with E-state index in [9.17, 15) is 0 Å². The van der Waals surface area contributed by atoms with Crippen molar-refractivity contribution in [3.63, 3.8) is 0 Å². The van der Waals surface area contributed by atoms with Crippen molar-refractivity contribution >= 4 is 0 Å². The number of benzene rings is 1. The number of ether oxygens (including phenoxy) is 1. The predicted octanol–water partition coefficient (Wildman–Crippen LogP) is 2.83. The van der Waals surface area contributed by atoms with Crippen molar-refractivity contribution < 1.29 is 4.74 Å². The maximum atomic E-state index is 5.55. The Balaban J connectivity index is 2.43. The third-order valence-electron chi connectivity index (χ3n) is 3.42. The Morgan fingerprint density at radius 1 is 1.40 bits per heavy atom. The summed E-state index contributed by atoms with van der Waals surface area (Å²) in [5.74, 6) is 1.90. The largest absolute Gasteiger partial charge is 0.496 e. The van der Waals surface area contributed by atoms with Gasteiger partial charge >= 0.3 is 0 Å². The normalized spacial score (nSPS) is 12.4. The van der Waals surface area contributed by atoms with Crippen LogP contribution in [0.5, 0.6) is 5.75 Å². The minimum atomic E-state index is 0.0468. The van der Waals surface area contributed by atoms with Crippen LogP contribution in [0.25, 0.3) is 0 Å². The lowest BCUT2D eigenvalue weighted by Crippen LogP contribution is -2.26. The van der Waals surface area contributed by atoms with Gasteiger partial charge < -0.3 is 14.6 Å². The van der Waals surface area contributed by atoms with Crippen LogP contribution in [0.15, 0.2) is 30.6 Å². The van der Waals surface area contributed by atoms with Crippen molar-refractivity contribution in [3.8, 4) is 5.75 Å². The van der Waals surface area contributed by atoms with Crippen molar-refractivity contribution in [2.45, 2.75) is 26.3 Å². The molecule has 1 atom stereocenters. The van der Waals surface area contributed by atoms with Crippen LogP contribution in [0.1, 0.15) is 36.3 Å². The minimum Gasteiger partial charge on any atom is -0.496 e. The third-order valence-corrected chi connectivity index (χ3v) is 3.42. The van der Waals surface area contributed by atoms with E-state index in [-0.39, 0.29) is 6.04 Å². The quantitative estimate of drug-likeness (QED) is 0.879. The molecule has 20 heavy (non-hydrogen) atoms. The number of aromatic nitrogens is 2. The average Bonchev–Trinajstić information content (AvgIpc) is 2.86. The number of methoxy groups -OCH3 is 1. The summed E-state index contributed by atoms with van der Waals surface area (Å²) in [5, 5.41) is 3.56. The lowest BCUT2D eigenvalue weighted by molar-refractivity contribution is 0.401. The van der Waals surface area contributed by atoms with Crippen molar-refractivity contribution in [3.05, 3.63) is 47.5 Å². The van der Waals surface area contributed by atoms with Gasteiger partial charge in [0.15, 0.2) is 0 Å². The van der Waals surface area contributed by atoms with E-state index < -0.39 is 0 Å². The molecule has 1 aromatic carbocycles. The van der Waals surface area contributed by atoms with Gasteiger partial charge in [0.1, 0.15) is 11.6 Å². The second kappa shape index (κ2) is 6.57. The predicted molar refractivity (Wildman–Crippen MR) is 81.1 cm³/mol. The molecule has 4 heteroatoms. The van der Waals surface area contributed by atoms with Crippen LogP contribution in [0, 0.1) is 6.92 Å². The van der Waals surface area contributed by atoms with Crippen molar-refractivity contribution in [2.75, 3.05) is 13.7 Å². The van der Waals surface area contributed by atoms with Gasteiger partial charge in [-0.05, 0) is 31.5 Å². The van der Waals surface area contributed by atoms with E-state index in [4.69, 9.17) is 4.74 Å². The summed E-state index contributed by atoms with van der Waals surface area (Å²) in [6, 6.07) is 6.35. The van der Waals surface area contributed by atoms with Crippen LogP contribution in [0.2, 0.25) is 0 Å². The molecule has 0 bridgehead atoms. The summed E-state index contributed by atoms with van der Waals surface area (Å²) >= 11 is 0. The zero-order valence-corrected chi connectivity index (χ0v) is 12.7. The zero-order chi connectivity index (χ0) is 14.5. The third kappa shape index (κ3) is 3.02. The maximum Gasteiger partial charge on any atom is 0.130 e. The van der Waals surface area contributed by atoms with Gasteiger partial charge in [0.2, 0.25) is 0 Å². The zero-order valence-electron chi connectivity index (χ0n) is 12.7. The van der Waals surface area contributed by atoms with E-state index in [0.717, 1.165) is 30.1 Å². The van der Waals surface area contributed by atoms with Gasteiger partial charge in [-0.15, -0.1) is 0 Å². The molecule has 1 unspecified atom stereocenters. The number of rotatable bonds is 6. The molecule has 0 fully saturated rings. The summed E-state index contributed by atoms with van der Waals surface area (Å²) in [7, 11) is 3.73. The fourth-order valence-electron chi connectivity index (χ4n) is 2.34. The molecule has 2 rings (SSSR count). The Labute approximate surface area is 120 Å². The molecule has 0 spiro atoms. The van der Waals surface area contributed by atoms with Crippen molar-refractivity contribution in [1.29, 1.82) is 0 Å². The molecule has 1 heterocycles. The maximum absolute atomic E-state index is 5.55. The van der Waals surface area contributed by atoms with Crippen LogP contribution in [0.3, 0.4) is 0 Å². The lowest BCUT2D eigenvalue weighted by atomic mass is 10.0. The molecule has 0 radical (unpaired) electrons. The van der Waals surface area contributed by atoms with E-state index in [1.807, 2.05) is 24.0 Å². The summed E-state index contributed by atoms with van der Waals surface area (Å²) in [5.41, 5.74) is 2.32. The first kappa shape index (κ1) is 14.6. The highest BCUT2D eigenvalue weighted by atomic mass is 16.5. The first-order chi connectivity index (χ1) is 9.67. The van der Waals surface area contributed by atoms with E-state index in [1.165, 1.54) is 5.56 Å². The summed E-state index contributed by atoms with van der Waals surface area (Å²) in [4.78, 5) is 4.49. The summed E-state index contributed by atoms with van der Waals surface area (Å²) in [6.45, 7) is 5.17. The number of imidazole rings is 1. The van der Waals surface area contributed by atoms with Crippen LogP contribution < -0.4 is 10.1 Å². The van der Waals surface area contributed by atoms with Gasteiger partial charge in [0.05, 0.1) is 13.2 Å². The summed E-state index contributed by atoms with van der Waals surface area (Å²) in [6.07, 6.45) is 4.88. The average molecular weight is 273 g/mol. The second-order valence-electron chi connectivity index (χ2n) is 5.03. The molecule has 0 aliphatic heterocycles. The number of aryl methyl sites for hydroxylation is 2. The molecule has 0 amide bonds. The van der Waals surface area contributed by atoms with Crippen molar-refractivity contribution in [2.24, 2.45) is 7.05 Å². The monoisotopic (exact) mass is 273 g/mol. The molecule has 0 saturated heterocycles. The van der Waals surface area contributed by atoms with E-state index in [2.05, 4.69) is 42.3 Å². The Morgan fingerprint density at radius 3 is 2.80 bits per heavy atom. The molecule has 0 aliphatic carbocycles. The number of nitrogens with zero attached hydrogens (tertiary/aromatic N) is 2. The Kier molecular flexibility index (Phi) is 4.79. The Bertz CT molecular complexity index is 563. The molecular weight excluding hydrogens is 250 g/mol. The second-order valence-corrected chi connectivity index (χ2v) is 5.03. The van der Waals surface area contributed by atoms with E-state index in [1.54, 1.807) is 7.11 Å². The fourth-order valence-corrected chi connectivity index (χ4v) is 2.34. The minimum absolute atomic E-state index is 0.0468. The first-order valence-corrected chi connectivity index (χ1v) is 7.02. The lowest BCUT2D eigenvalue weighted by Gasteiger charge is -2.21. The number of nitrogens with one attached hydrogen (secondary N) is 1. The highest BCUT2D eigenvalue weighted by molar-refractivity contribution is 5.41. The standard InChI is InChI=1S/C16H23N3O/c1-5-8-17-15(16-18-9-10-19(16)3)13-7-6-12(2)11-14(13)20-4/h6-7,9-11,15,17H,5,8H2,1-4H3. The Morgan fingerprint density at radius 2 is 2.20 bits per heavy atom. The van der Waals surface area contributed by atoms with Gasteiger partial charge in [-0.3, -0.25) is 0 Å². The van der Waals surface area contributed by atoms with Gasteiger partial charge in [0, 0.05) is 25.0 Å². The van der Waals surface area contributed by atoms with Crippen LogP contribution in [0.4, 0.5) is 0 Å². The fraction of sp³-hybridized carbons (Fsp3) is 0.438. The number of hydrogen-bond acceptors (Lipinski definition) is 3. The van der Waals surface area contributed by atoms with Gasteiger partial charge in [0.25, 0.3) is 0 Å². The molecule has 2 aromatic rings. The molecule has 1 aromatic heterocycles. The highest BCUT2D eigenvalue weighted by Crippen LogP contribution is 2.30. The van der Waals surface area contributed by atoms with Gasteiger partial charge in [-0.1, -0.05) is 19.1 Å². The number of hydrogen-bond donors (Lipinski definition) is 1. The van der Waals surface area contributed by atoms with Crippen LogP contribution in [-0.4, -0.2) is 23.2 Å².